The van der Waals surface area contributed by atoms with E-state index in [0.29, 0.717) is 0 Å². The first-order chi connectivity index (χ1) is 9.05. The average molecular weight is 336 g/mol. The maximum absolute atomic E-state index is 12.1. The van der Waals surface area contributed by atoms with Crippen LogP contribution >= 0.6 is 0 Å². The second-order valence-corrected chi connectivity index (χ2v) is 18.3. The molecule has 0 saturated heterocycles. The van der Waals surface area contributed by atoms with Gasteiger partial charge in [-0.1, -0.05) is 39.3 Å². The molecule has 0 bridgehead atoms. The van der Waals surface area contributed by atoms with Crippen LogP contribution in [0.25, 0.3) is 0 Å². The van der Waals surface area contributed by atoms with Gasteiger partial charge in [-0.3, -0.25) is 9.59 Å². The molecule has 0 aromatic heterocycles. The predicted molar refractivity (Wildman–Crippen MR) is 81.9 cm³/mol. The van der Waals surface area contributed by atoms with Gasteiger partial charge in [-0.15, -0.1) is 0 Å². The third-order valence-electron chi connectivity index (χ3n) is 3.95. The van der Waals surface area contributed by atoms with E-state index in [1.54, 1.807) is 39.3 Å². The molecule has 7 nitrogen and oxygen atoms in total. The normalized spacial score (nSPS) is 16.1. The van der Waals surface area contributed by atoms with Crippen molar-refractivity contribution in [2.45, 2.75) is 56.0 Å². The Balaban J connectivity index is 6.83. The minimum Gasteiger partial charge on any atom is -0.481 e. The molecule has 0 aromatic rings. The fourth-order valence-corrected chi connectivity index (χ4v) is 16.9. The Labute approximate surface area is 125 Å². The number of carboxylic acids is 3. The zero-order valence-electron chi connectivity index (χ0n) is 13.2. The number of carbonyl (C=O) groups is 3. The highest BCUT2D eigenvalue weighted by Crippen LogP contribution is 2.56. The van der Waals surface area contributed by atoms with Crippen molar-refractivity contribution < 1.29 is 34.8 Å². The molecule has 0 amide bonds. The summed E-state index contributed by atoms with van der Waals surface area (Å²) in [5.74, 6) is -4.76. The van der Waals surface area contributed by atoms with E-state index in [1.165, 1.54) is 0 Å². The molecule has 21 heavy (non-hydrogen) atoms. The summed E-state index contributed by atoms with van der Waals surface area (Å²) >= 11 is 0. The Morgan fingerprint density at radius 3 is 1.29 bits per heavy atom. The predicted octanol–water partition coefficient (Wildman–Crippen LogP) is 1.32. The lowest BCUT2D eigenvalue weighted by Crippen LogP contribution is -2.72. The van der Waals surface area contributed by atoms with Crippen LogP contribution in [0.2, 0.25) is 43.9 Å². The van der Waals surface area contributed by atoms with E-state index in [2.05, 4.69) is 0 Å². The van der Waals surface area contributed by atoms with Gasteiger partial charge in [0, 0.05) is 0 Å². The standard InChI is InChI=1S/C12H24O7Si2/c1-20(2,3)12(10(17)18,21(4,5)6)11(19,9(15)16)7-8(13)14/h19H,7H2,1-6H3,(H,13,14)(H,15,16)(H,17,18). The summed E-state index contributed by atoms with van der Waals surface area (Å²) in [7, 11) is -5.66. The summed E-state index contributed by atoms with van der Waals surface area (Å²) < 4.78 is -1.95. The van der Waals surface area contributed by atoms with E-state index in [9.17, 15) is 29.7 Å². The van der Waals surface area contributed by atoms with Crippen molar-refractivity contribution in [1.82, 2.24) is 0 Å². The molecule has 0 saturated carbocycles. The minimum absolute atomic E-state index is 1.14. The molecule has 1 unspecified atom stereocenters. The van der Waals surface area contributed by atoms with Crippen LogP contribution in [0.1, 0.15) is 6.42 Å². The number of hydrogen-bond acceptors (Lipinski definition) is 4. The molecule has 0 fully saturated rings. The number of rotatable bonds is 7. The maximum Gasteiger partial charge on any atom is 0.336 e. The topological polar surface area (TPSA) is 132 Å². The SMILES string of the molecule is C[Si](C)(C)C(C(=O)O)(C(O)(CC(=O)O)C(=O)O)[Si](C)(C)C. The van der Waals surface area contributed by atoms with Crippen molar-refractivity contribution in [3.8, 4) is 0 Å². The number of aliphatic carboxylic acids is 3. The van der Waals surface area contributed by atoms with Gasteiger partial charge in [0.1, 0.15) is 0 Å². The van der Waals surface area contributed by atoms with E-state index in [-0.39, 0.29) is 0 Å². The molecule has 0 heterocycles. The van der Waals surface area contributed by atoms with Crippen molar-refractivity contribution in [3.63, 3.8) is 0 Å². The van der Waals surface area contributed by atoms with Gasteiger partial charge in [-0.05, 0) is 0 Å². The number of carboxylic acid groups (broad SMARTS) is 3. The molecule has 0 aromatic carbocycles. The van der Waals surface area contributed by atoms with Gasteiger partial charge in [0.15, 0.2) is 5.60 Å². The first-order valence-corrected chi connectivity index (χ1v) is 13.5. The Morgan fingerprint density at radius 1 is 0.810 bits per heavy atom. The summed E-state index contributed by atoms with van der Waals surface area (Å²) in [5.41, 5.74) is -2.83. The molecule has 1 atom stereocenters. The highest BCUT2D eigenvalue weighted by atomic mass is 28.4. The molecule has 0 aliphatic carbocycles. The number of aliphatic hydroxyl groups is 1. The zero-order valence-corrected chi connectivity index (χ0v) is 15.2. The van der Waals surface area contributed by atoms with Crippen molar-refractivity contribution in [2.75, 3.05) is 0 Å². The first-order valence-electron chi connectivity index (χ1n) is 6.46. The highest BCUT2D eigenvalue weighted by molar-refractivity contribution is 7.03. The summed E-state index contributed by atoms with van der Waals surface area (Å²) in [4.78, 5) is 34.8. The van der Waals surface area contributed by atoms with Crippen LogP contribution in [-0.4, -0.2) is 60.1 Å². The lowest BCUT2D eigenvalue weighted by molar-refractivity contribution is -0.173. The third-order valence-corrected chi connectivity index (χ3v) is 14.2. The summed E-state index contributed by atoms with van der Waals surface area (Å²) in [6.07, 6.45) is -1.14. The van der Waals surface area contributed by atoms with Gasteiger partial charge in [-0.2, -0.15) is 0 Å². The van der Waals surface area contributed by atoms with E-state index in [4.69, 9.17) is 5.11 Å². The average Bonchev–Trinajstić information content (AvgIpc) is 2.09. The van der Waals surface area contributed by atoms with Crippen LogP contribution in [0.3, 0.4) is 0 Å². The maximum atomic E-state index is 12.1. The summed E-state index contributed by atoms with van der Waals surface area (Å²) in [5, 5.41) is 39.0. The van der Waals surface area contributed by atoms with Crippen LogP contribution in [-0.2, 0) is 14.4 Å². The Bertz CT molecular complexity index is 447. The molecular weight excluding hydrogens is 312 g/mol. The van der Waals surface area contributed by atoms with Gasteiger partial charge in [0.05, 0.1) is 27.2 Å². The van der Waals surface area contributed by atoms with Crippen molar-refractivity contribution >= 4 is 34.1 Å². The van der Waals surface area contributed by atoms with Gasteiger partial charge >= 0.3 is 17.9 Å². The lowest BCUT2D eigenvalue weighted by atomic mass is 9.94. The molecule has 9 heteroatoms. The molecule has 0 aliphatic heterocycles. The van der Waals surface area contributed by atoms with E-state index in [0.717, 1.165) is 0 Å². The summed E-state index contributed by atoms with van der Waals surface area (Å²) in [6.45, 7) is 9.89. The molecule has 0 radical (unpaired) electrons. The molecular formula is C12H24O7Si2. The minimum atomic E-state index is -2.83. The first kappa shape index (κ1) is 19.8. The highest BCUT2D eigenvalue weighted by Gasteiger charge is 2.72. The van der Waals surface area contributed by atoms with Gasteiger partial charge in [0.25, 0.3) is 0 Å². The van der Waals surface area contributed by atoms with Crippen LogP contribution in [0, 0.1) is 0 Å². The van der Waals surface area contributed by atoms with E-state index < -0.39 is 50.7 Å². The lowest BCUT2D eigenvalue weighted by Gasteiger charge is -2.54. The second-order valence-electron chi connectivity index (χ2n) is 7.29. The molecule has 0 rings (SSSR count). The van der Waals surface area contributed by atoms with Crippen molar-refractivity contribution in [3.05, 3.63) is 0 Å². The molecule has 4 N–H and O–H groups in total. The van der Waals surface area contributed by atoms with E-state index in [1.807, 2.05) is 0 Å². The fourth-order valence-electron chi connectivity index (χ4n) is 3.77. The Morgan fingerprint density at radius 2 is 1.14 bits per heavy atom. The quantitative estimate of drug-likeness (QED) is 0.515. The van der Waals surface area contributed by atoms with Gasteiger partial charge in [0.2, 0.25) is 0 Å². The Kier molecular flexibility index (Phi) is 5.22. The fraction of sp³-hybridized carbons (Fsp3) is 0.750. The van der Waals surface area contributed by atoms with Crippen LogP contribution in [0.4, 0.5) is 0 Å². The van der Waals surface area contributed by atoms with Crippen LogP contribution < -0.4 is 0 Å². The van der Waals surface area contributed by atoms with E-state index >= 15 is 0 Å². The zero-order chi connectivity index (χ0) is 17.4. The van der Waals surface area contributed by atoms with Crippen LogP contribution in [0.5, 0.6) is 0 Å². The second kappa shape index (κ2) is 5.54. The monoisotopic (exact) mass is 336 g/mol. The van der Waals surface area contributed by atoms with Gasteiger partial charge in [-0.25, -0.2) is 4.79 Å². The Hall–Kier alpha value is -1.20. The molecule has 0 aliphatic rings. The van der Waals surface area contributed by atoms with Crippen molar-refractivity contribution in [1.29, 1.82) is 0 Å². The van der Waals surface area contributed by atoms with Crippen molar-refractivity contribution in [2.24, 2.45) is 0 Å². The van der Waals surface area contributed by atoms with Crippen LogP contribution in [0.15, 0.2) is 0 Å². The smallest absolute Gasteiger partial charge is 0.336 e. The largest absolute Gasteiger partial charge is 0.481 e. The third kappa shape index (κ3) is 2.90. The molecule has 0 spiro atoms. The van der Waals surface area contributed by atoms with Gasteiger partial charge < -0.3 is 20.4 Å². The molecule has 122 valence electrons. The number of hydrogen-bond donors (Lipinski definition) is 4. The summed E-state index contributed by atoms with van der Waals surface area (Å²) in [6, 6.07) is 0.